The molecule has 1 aliphatic heterocycles. The van der Waals surface area contributed by atoms with Gasteiger partial charge in [0, 0.05) is 12.6 Å². The fourth-order valence-corrected chi connectivity index (χ4v) is 3.23. The zero-order valence-electron chi connectivity index (χ0n) is 15.3. The predicted octanol–water partition coefficient (Wildman–Crippen LogP) is 3.07. The lowest BCUT2D eigenvalue weighted by atomic mass is 9.84. The number of carbonyl (C=O) groups is 2. The molecule has 0 bridgehead atoms. The fraction of sp³-hybridized carbons (Fsp3) is 0.294. The molecule has 2 N–H and O–H groups in total. The fourth-order valence-electron chi connectivity index (χ4n) is 2.93. The SMILES string of the molecule is COC(=O)C1=C(C)NC(NC(C)=O)=C([N+](=O)[O-])C1c1ccc(C(F)(F)F)c(Cl)c1. The summed E-state index contributed by atoms with van der Waals surface area (Å²) < 4.78 is 43.7. The largest absolute Gasteiger partial charge is 0.466 e. The molecule has 0 fully saturated rings. The van der Waals surface area contributed by atoms with Crippen LogP contribution in [0, 0.1) is 10.1 Å². The minimum Gasteiger partial charge on any atom is -0.466 e. The molecule has 0 saturated heterocycles. The lowest BCUT2D eigenvalue weighted by molar-refractivity contribution is -0.431. The predicted molar refractivity (Wildman–Crippen MR) is 94.9 cm³/mol. The van der Waals surface area contributed by atoms with Crippen LogP contribution in [0.15, 0.2) is 41.0 Å². The Labute approximate surface area is 167 Å². The van der Waals surface area contributed by atoms with E-state index in [0.29, 0.717) is 6.07 Å². The van der Waals surface area contributed by atoms with Crippen molar-refractivity contribution in [2.24, 2.45) is 0 Å². The van der Waals surface area contributed by atoms with Crippen LogP contribution in [0.4, 0.5) is 13.2 Å². The Morgan fingerprint density at radius 2 is 1.97 bits per heavy atom. The third kappa shape index (κ3) is 4.50. The number of benzene rings is 1. The summed E-state index contributed by atoms with van der Waals surface area (Å²) in [6, 6.07) is 2.54. The van der Waals surface area contributed by atoms with E-state index in [4.69, 9.17) is 11.6 Å². The monoisotopic (exact) mass is 433 g/mol. The van der Waals surface area contributed by atoms with E-state index in [1.54, 1.807) is 0 Å². The number of rotatable bonds is 4. The van der Waals surface area contributed by atoms with E-state index in [1.807, 2.05) is 0 Å². The molecule has 29 heavy (non-hydrogen) atoms. The summed E-state index contributed by atoms with van der Waals surface area (Å²) in [6.45, 7) is 2.52. The highest BCUT2D eigenvalue weighted by Crippen LogP contribution is 2.42. The number of esters is 1. The molecule has 12 heteroatoms. The second kappa shape index (κ2) is 8.11. The molecule has 0 aliphatic carbocycles. The highest BCUT2D eigenvalue weighted by atomic mass is 35.5. The molecule has 1 aromatic carbocycles. The molecular weight excluding hydrogens is 419 g/mol. The van der Waals surface area contributed by atoms with Crippen LogP contribution in [0.2, 0.25) is 5.02 Å². The zero-order valence-corrected chi connectivity index (χ0v) is 16.1. The maximum atomic E-state index is 13.0. The van der Waals surface area contributed by atoms with Gasteiger partial charge in [-0.3, -0.25) is 14.9 Å². The van der Waals surface area contributed by atoms with Crippen molar-refractivity contribution >= 4 is 23.5 Å². The van der Waals surface area contributed by atoms with E-state index in [9.17, 15) is 32.9 Å². The standard InChI is InChI=1S/C17H15ClF3N3O5/c1-7-12(16(26)29-3)13(14(24(27)28)15(22-7)23-8(2)25)9-4-5-10(11(18)6-9)17(19,20)21/h4-6,13,22H,1-3H3,(H,23,25). The summed E-state index contributed by atoms with van der Waals surface area (Å²) in [5.74, 6) is -3.32. The van der Waals surface area contributed by atoms with Crippen molar-refractivity contribution in [2.45, 2.75) is 25.9 Å². The number of allylic oxidation sites excluding steroid dienone is 2. The molecule has 0 saturated carbocycles. The minimum absolute atomic E-state index is 0.0567. The maximum Gasteiger partial charge on any atom is 0.417 e. The lowest BCUT2D eigenvalue weighted by Crippen LogP contribution is -2.39. The van der Waals surface area contributed by atoms with Crippen LogP contribution in [0.25, 0.3) is 0 Å². The first-order chi connectivity index (χ1) is 13.4. The number of nitro groups is 1. The highest BCUT2D eigenvalue weighted by Gasteiger charge is 2.43. The molecular formula is C17H15ClF3N3O5. The molecule has 0 aromatic heterocycles. The Balaban J connectivity index is 2.77. The van der Waals surface area contributed by atoms with Crippen molar-refractivity contribution < 1.29 is 32.4 Å². The molecule has 156 valence electrons. The Bertz CT molecular complexity index is 956. The number of halogens is 4. The number of methoxy groups -OCH3 is 1. The van der Waals surface area contributed by atoms with Crippen molar-refractivity contribution in [3.63, 3.8) is 0 Å². The van der Waals surface area contributed by atoms with Crippen LogP contribution in [-0.2, 0) is 20.5 Å². The van der Waals surface area contributed by atoms with Crippen molar-refractivity contribution in [3.05, 3.63) is 67.3 Å². The van der Waals surface area contributed by atoms with E-state index in [1.165, 1.54) is 6.92 Å². The van der Waals surface area contributed by atoms with Gasteiger partial charge in [-0.15, -0.1) is 0 Å². The summed E-state index contributed by atoms with van der Waals surface area (Å²) in [6.07, 6.45) is -4.73. The molecule has 1 unspecified atom stereocenters. The third-order valence-electron chi connectivity index (χ3n) is 4.07. The van der Waals surface area contributed by atoms with Crippen LogP contribution in [0.5, 0.6) is 0 Å². The first-order valence-corrected chi connectivity index (χ1v) is 8.35. The average molecular weight is 434 g/mol. The van der Waals surface area contributed by atoms with Crippen LogP contribution in [0.3, 0.4) is 0 Å². The number of hydrogen-bond acceptors (Lipinski definition) is 6. The van der Waals surface area contributed by atoms with Gasteiger partial charge in [0.2, 0.25) is 5.91 Å². The minimum atomic E-state index is -4.73. The molecule has 1 aromatic rings. The van der Waals surface area contributed by atoms with Gasteiger partial charge in [0.1, 0.15) is 5.92 Å². The van der Waals surface area contributed by atoms with E-state index < -0.39 is 45.2 Å². The van der Waals surface area contributed by atoms with Crippen molar-refractivity contribution in [1.29, 1.82) is 0 Å². The van der Waals surface area contributed by atoms with Gasteiger partial charge in [-0.1, -0.05) is 17.7 Å². The number of nitrogens with one attached hydrogen (secondary N) is 2. The Hall–Kier alpha value is -3.08. The van der Waals surface area contributed by atoms with Gasteiger partial charge in [-0.05, 0) is 24.6 Å². The number of amides is 1. The second-order valence-electron chi connectivity index (χ2n) is 6.02. The third-order valence-corrected chi connectivity index (χ3v) is 4.38. The summed E-state index contributed by atoms with van der Waals surface area (Å²) in [4.78, 5) is 34.7. The van der Waals surface area contributed by atoms with Gasteiger partial charge >= 0.3 is 12.1 Å². The summed E-state index contributed by atoms with van der Waals surface area (Å²) >= 11 is 5.76. The molecule has 1 aliphatic rings. The maximum absolute atomic E-state index is 13.0. The van der Waals surface area contributed by atoms with Gasteiger partial charge in [-0.2, -0.15) is 13.2 Å². The average Bonchev–Trinajstić information content (AvgIpc) is 2.58. The summed E-state index contributed by atoms with van der Waals surface area (Å²) in [7, 11) is 1.05. The first kappa shape index (κ1) is 22.2. The van der Waals surface area contributed by atoms with Crippen LogP contribution in [-0.4, -0.2) is 23.9 Å². The van der Waals surface area contributed by atoms with Crippen LogP contribution < -0.4 is 10.6 Å². The van der Waals surface area contributed by atoms with E-state index in [0.717, 1.165) is 26.2 Å². The van der Waals surface area contributed by atoms with Crippen molar-refractivity contribution in [3.8, 4) is 0 Å². The van der Waals surface area contributed by atoms with Gasteiger partial charge < -0.3 is 15.4 Å². The Kier molecular flexibility index (Phi) is 6.21. The number of carbonyl (C=O) groups excluding carboxylic acids is 2. The first-order valence-electron chi connectivity index (χ1n) is 7.97. The van der Waals surface area contributed by atoms with E-state index in [-0.39, 0.29) is 22.7 Å². The highest BCUT2D eigenvalue weighted by molar-refractivity contribution is 6.31. The quantitative estimate of drug-likeness (QED) is 0.429. The zero-order chi connectivity index (χ0) is 22.1. The van der Waals surface area contributed by atoms with Crippen molar-refractivity contribution in [1.82, 2.24) is 10.6 Å². The Morgan fingerprint density at radius 1 is 1.34 bits per heavy atom. The number of alkyl halides is 3. The molecule has 1 atom stereocenters. The van der Waals surface area contributed by atoms with Crippen LogP contribution >= 0.6 is 11.6 Å². The summed E-state index contributed by atoms with van der Waals surface area (Å²) in [5.41, 5.74) is -1.93. The normalized spacial score (nSPS) is 17.0. The topological polar surface area (TPSA) is 111 Å². The molecule has 1 amide bonds. The van der Waals surface area contributed by atoms with Crippen molar-refractivity contribution in [2.75, 3.05) is 7.11 Å². The molecule has 8 nitrogen and oxygen atoms in total. The molecule has 2 rings (SSSR count). The summed E-state index contributed by atoms with van der Waals surface area (Å²) in [5, 5.41) is 15.9. The number of dihydropyridines is 1. The smallest absolute Gasteiger partial charge is 0.417 e. The molecule has 0 spiro atoms. The van der Waals surface area contributed by atoms with Gasteiger partial charge in [-0.25, -0.2) is 4.79 Å². The molecule has 1 heterocycles. The lowest BCUT2D eigenvalue weighted by Gasteiger charge is -2.27. The van der Waals surface area contributed by atoms with Crippen LogP contribution in [0.1, 0.15) is 30.9 Å². The molecule has 0 radical (unpaired) electrons. The Morgan fingerprint density at radius 3 is 2.41 bits per heavy atom. The van der Waals surface area contributed by atoms with Gasteiger partial charge in [0.25, 0.3) is 5.70 Å². The number of hydrogen-bond donors (Lipinski definition) is 2. The van der Waals surface area contributed by atoms with E-state index in [2.05, 4.69) is 15.4 Å². The van der Waals surface area contributed by atoms with Gasteiger partial charge in [0.05, 0.1) is 28.2 Å². The van der Waals surface area contributed by atoms with Gasteiger partial charge in [0.15, 0.2) is 5.82 Å². The second-order valence-corrected chi connectivity index (χ2v) is 6.43. The number of ether oxygens (including phenoxy) is 1. The van der Waals surface area contributed by atoms with E-state index >= 15 is 0 Å². The number of nitrogens with zero attached hydrogens (tertiary/aromatic N) is 1.